The van der Waals surface area contributed by atoms with E-state index in [1.807, 2.05) is 34.9 Å². The van der Waals surface area contributed by atoms with Crippen molar-refractivity contribution in [2.45, 2.75) is 45.8 Å². The van der Waals surface area contributed by atoms with E-state index in [1.165, 1.54) is 0 Å². The highest BCUT2D eigenvalue weighted by atomic mass is 19.4. The molecule has 0 aliphatic carbocycles. The number of alkyl halides is 3. The van der Waals surface area contributed by atoms with Crippen molar-refractivity contribution in [3.8, 4) is 0 Å². The number of aliphatic carboxylic acids is 1. The first-order chi connectivity index (χ1) is 15.9. The van der Waals surface area contributed by atoms with E-state index in [4.69, 9.17) is 14.3 Å². The molecule has 4 rings (SSSR count). The highest BCUT2D eigenvalue weighted by Crippen LogP contribution is 2.41. The van der Waals surface area contributed by atoms with Crippen molar-refractivity contribution in [2.75, 3.05) is 19.6 Å². The lowest BCUT2D eigenvalue weighted by Gasteiger charge is -2.39. The first-order valence-electron chi connectivity index (χ1n) is 10.8. The summed E-state index contributed by atoms with van der Waals surface area (Å²) in [6.45, 7) is 6.20. The summed E-state index contributed by atoms with van der Waals surface area (Å²) >= 11 is 0. The molecule has 2 amide bonds. The first-order valence-corrected chi connectivity index (χ1v) is 10.8. The highest BCUT2D eigenvalue weighted by Gasteiger charge is 2.49. The predicted molar refractivity (Wildman–Crippen MR) is 114 cm³/mol. The van der Waals surface area contributed by atoms with Crippen LogP contribution in [-0.4, -0.2) is 63.5 Å². The second kappa shape index (κ2) is 9.86. The number of nitrogens with zero attached hydrogens (tertiary/aromatic N) is 3. The number of aryl methyl sites for hydroxylation is 2. The van der Waals surface area contributed by atoms with E-state index in [2.05, 4.69) is 4.98 Å². The Bertz CT molecular complexity index is 1070. The molecule has 1 unspecified atom stereocenters. The maximum absolute atomic E-state index is 13.2. The molecule has 11 heteroatoms. The number of rotatable bonds is 3. The fourth-order valence-corrected chi connectivity index (χ4v) is 4.39. The number of carboxylic acids is 1. The lowest BCUT2D eigenvalue weighted by atomic mass is 9.78. The van der Waals surface area contributed by atoms with Crippen molar-refractivity contribution < 1.29 is 37.1 Å². The number of carbonyl (C=O) groups is 3. The molecule has 2 saturated heterocycles. The van der Waals surface area contributed by atoms with Gasteiger partial charge in [-0.2, -0.15) is 13.2 Å². The lowest BCUT2D eigenvalue weighted by Crippen LogP contribution is -2.49. The number of likely N-dealkylation sites (tertiary alicyclic amines) is 2. The zero-order chi connectivity index (χ0) is 25.1. The molecule has 1 spiro atoms. The number of hydrogen-bond acceptors (Lipinski definition) is 5. The summed E-state index contributed by atoms with van der Waals surface area (Å²) in [7, 11) is 0. The molecule has 2 aliphatic rings. The molecule has 4 heterocycles. The second-order valence-electron chi connectivity index (χ2n) is 8.55. The Balaban J connectivity index is 0.000000406. The third-order valence-corrected chi connectivity index (χ3v) is 6.10. The van der Waals surface area contributed by atoms with Crippen molar-refractivity contribution in [1.82, 2.24) is 14.8 Å². The molecule has 0 saturated carbocycles. The van der Waals surface area contributed by atoms with E-state index < -0.39 is 17.6 Å². The van der Waals surface area contributed by atoms with E-state index in [0.717, 1.165) is 37.2 Å². The van der Waals surface area contributed by atoms with E-state index >= 15 is 0 Å². The SMILES string of the molecule is Cc1cccc(CN2CCC3(CCCN(C(=O)c4ccoc4C)C3)C2=O)n1.O=C(O)C(F)(F)F. The van der Waals surface area contributed by atoms with Gasteiger partial charge < -0.3 is 19.3 Å². The summed E-state index contributed by atoms with van der Waals surface area (Å²) in [5.41, 5.74) is 2.02. The molecule has 2 aromatic rings. The number of halogens is 3. The van der Waals surface area contributed by atoms with Gasteiger partial charge in [0.05, 0.1) is 29.5 Å². The van der Waals surface area contributed by atoms with Crippen LogP contribution in [0.15, 0.2) is 34.9 Å². The Morgan fingerprint density at radius 2 is 1.88 bits per heavy atom. The van der Waals surface area contributed by atoms with Crippen LogP contribution in [0, 0.1) is 19.3 Å². The van der Waals surface area contributed by atoms with Crippen molar-refractivity contribution >= 4 is 17.8 Å². The molecule has 8 nitrogen and oxygen atoms in total. The molecule has 2 aliphatic heterocycles. The number of pyridine rings is 1. The number of amides is 2. The van der Waals surface area contributed by atoms with Crippen LogP contribution in [0.5, 0.6) is 0 Å². The molecule has 2 aromatic heterocycles. The summed E-state index contributed by atoms with van der Waals surface area (Å²) in [4.78, 5) is 43.3. The van der Waals surface area contributed by atoms with Gasteiger partial charge in [-0.25, -0.2) is 4.79 Å². The van der Waals surface area contributed by atoms with Crippen LogP contribution >= 0.6 is 0 Å². The van der Waals surface area contributed by atoms with Gasteiger partial charge in [-0.05, 0) is 51.3 Å². The number of furan rings is 1. The molecule has 184 valence electrons. The van der Waals surface area contributed by atoms with Gasteiger partial charge in [0.15, 0.2) is 0 Å². The summed E-state index contributed by atoms with van der Waals surface area (Å²) in [6, 6.07) is 7.61. The maximum Gasteiger partial charge on any atom is 0.490 e. The fraction of sp³-hybridized carbons (Fsp3) is 0.478. The Hall–Kier alpha value is -3.37. The summed E-state index contributed by atoms with van der Waals surface area (Å²) < 4.78 is 37.0. The van der Waals surface area contributed by atoms with Gasteiger partial charge in [0, 0.05) is 25.3 Å². The molecule has 0 aromatic carbocycles. The van der Waals surface area contributed by atoms with Crippen molar-refractivity contribution in [1.29, 1.82) is 0 Å². The van der Waals surface area contributed by atoms with Crippen LogP contribution in [0.1, 0.15) is 46.8 Å². The fourth-order valence-electron chi connectivity index (χ4n) is 4.39. The third-order valence-electron chi connectivity index (χ3n) is 6.10. The van der Waals surface area contributed by atoms with E-state index in [9.17, 15) is 22.8 Å². The first kappa shape index (κ1) is 25.3. The van der Waals surface area contributed by atoms with Gasteiger partial charge in [0.25, 0.3) is 5.91 Å². The van der Waals surface area contributed by atoms with E-state index in [1.54, 1.807) is 19.3 Å². The average molecular weight is 481 g/mol. The Labute approximate surface area is 194 Å². The zero-order valence-corrected chi connectivity index (χ0v) is 18.9. The molecule has 34 heavy (non-hydrogen) atoms. The minimum Gasteiger partial charge on any atom is -0.475 e. The number of piperidine rings is 1. The summed E-state index contributed by atoms with van der Waals surface area (Å²) in [5.74, 6) is -2.00. The van der Waals surface area contributed by atoms with Crippen molar-refractivity contribution in [3.63, 3.8) is 0 Å². The Kier molecular flexibility index (Phi) is 7.32. The van der Waals surface area contributed by atoms with Gasteiger partial charge in [-0.1, -0.05) is 6.07 Å². The third kappa shape index (κ3) is 5.57. The highest BCUT2D eigenvalue weighted by molar-refractivity contribution is 5.96. The van der Waals surface area contributed by atoms with Crippen molar-refractivity contribution in [3.05, 3.63) is 53.2 Å². The lowest BCUT2D eigenvalue weighted by molar-refractivity contribution is -0.192. The topological polar surface area (TPSA) is 104 Å². The minimum absolute atomic E-state index is 0.0353. The molecular formula is C23H26F3N3O5. The van der Waals surface area contributed by atoms with Crippen LogP contribution < -0.4 is 0 Å². The summed E-state index contributed by atoms with van der Waals surface area (Å²) in [6.07, 6.45) is -1.05. The molecule has 2 fully saturated rings. The van der Waals surface area contributed by atoms with Gasteiger partial charge >= 0.3 is 12.1 Å². The molecular weight excluding hydrogens is 455 g/mol. The zero-order valence-electron chi connectivity index (χ0n) is 18.9. The largest absolute Gasteiger partial charge is 0.490 e. The molecule has 0 bridgehead atoms. The second-order valence-corrected chi connectivity index (χ2v) is 8.55. The van der Waals surface area contributed by atoms with Crippen molar-refractivity contribution in [2.24, 2.45) is 5.41 Å². The number of aromatic nitrogens is 1. The standard InChI is InChI=1S/C21H25N3O3.C2HF3O2/c1-15-5-3-6-17(22-15)13-23-11-9-21(20(23)26)8-4-10-24(14-21)19(25)18-7-12-27-16(18)2;3-2(4,5)1(6)7/h3,5-7,12H,4,8-11,13-14H2,1-2H3;(H,6,7). The van der Waals surface area contributed by atoms with Gasteiger partial charge in [0.1, 0.15) is 5.76 Å². The minimum atomic E-state index is -5.08. The molecule has 0 radical (unpaired) electrons. The van der Waals surface area contributed by atoms with Gasteiger partial charge in [0.2, 0.25) is 5.91 Å². The number of carboxylic acid groups (broad SMARTS) is 1. The normalized spacial score (nSPS) is 20.3. The van der Waals surface area contributed by atoms with Crippen LogP contribution in [-0.2, 0) is 16.1 Å². The smallest absolute Gasteiger partial charge is 0.475 e. The van der Waals surface area contributed by atoms with Crippen LogP contribution in [0.25, 0.3) is 0 Å². The average Bonchev–Trinajstić information content (AvgIpc) is 3.32. The quantitative estimate of drug-likeness (QED) is 0.719. The number of hydrogen-bond donors (Lipinski definition) is 1. The predicted octanol–water partition coefficient (Wildman–Crippen LogP) is 3.58. The Morgan fingerprint density at radius 3 is 2.47 bits per heavy atom. The Morgan fingerprint density at radius 1 is 1.18 bits per heavy atom. The number of carbonyl (C=O) groups excluding carboxylic acids is 2. The monoisotopic (exact) mass is 481 g/mol. The summed E-state index contributed by atoms with van der Waals surface area (Å²) in [5, 5.41) is 7.12. The maximum atomic E-state index is 13.2. The van der Waals surface area contributed by atoms with Crippen LogP contribution in [0.2, 0.25) is 0 Å². The van der Waals surface area contributed by atoms with Crippen LogP contribution in [0.3, 0.4) is 0 Å². The molecule has 1 N–H and O–H groups in total. The van der Waals surface area contributed by atoms with Gasteiger partial charge in [-0.3, -0.25) is 14.6 Å². The van der Waals surface area contributed by atoms with E-state index in [-0.39, 0.29) is 11.8 Å². The molecule has 1 atom stereocenters. The van der Waals surface area contributed by atoms with E-state index in [0.29, 0.717) is 31.0 Å². The van der Waals surface area contributed by atoms with Crippen LogP contribution in [0.4, 0.5) is 13.2 Å². The van der Waals surface area contributed by atoms with Gasteiger partial charge in [-0.15, -0.1) is 0 Å².